The molecule has 194 valence electrons. The maximum absolute atomic E-state index is 14.5. The van der Waals surface area contributed by atoms with Crippen LogP contribution in [0.2, 0.25) is 15.1 Å². The summed E-state index contributed by atoms with van der Waals surface area (Å²) in [4.78, 5) is 25.5. The molecule has 37 heavy (non-hydrogen) atoms. The molecule has 0 bridgehead atoms. The van der Waals surface area contributed by atoms with Crippen molar-refractivity contribution in [2.24, 2.45) is 5.92 Å². The third kappa shape index (κ3) is 5.96. The molecule has 3 aromatic carbocycles. The Morgan fingerprint density at radius 3 is 2.19 bits per heavy atom. The van der Waals surface area contributed by atoms with Crippen LogP contribution in [-0.2, 0) is 10.7 Å². The first-order chi connectivity index (χ1) is 17.3. The number of anilines is 1. The second kappa shape index (κ2) is 10.5. The highest BCUT2D eigenvalue weighted by molar-refractivity contribution is 6.53. The number of amides is 2. The molecule has 0 saturated heterocycles. The summed E-state index contributed by atoms with van der Waals surface area (Å²) < 4.78 is 41.9. The topological polar surface area (TPSA) is 58.2 Å². The number of carbonyl (C=O) groups is 2. The first kappa shape index (κ1) is 27.9. The van der Waals surface area contributed by atoms with Gasteiger partial charge in [0, 0.05) is 27.2 Å². The van der Waals surface area contributed by atoms with Gasteiger partial charge in [0.05, 0.1) is 23.0 Å². The third-order valence-electron chi connectivity index (χ3n) is 5.79. The van der Waals surface area contributed by atoms with Gasteiger partial charge in [-0.2, -0.15) is 8.78 Å². The van der Waals surface area contributed by atoms with Crippen molar-refractivity contribution in [3.05, 3.63) is 98.2 Å². The van der Waals surface area contributed by atoms with E-state index in [2.05, 4.69) is 10.6 Å². The predicted molar refractivity (Wildman–Crippen MR) is 140 cm³/mol. The Balaban J connectivity index is 1.50. The lowest BCUT2D eigenvalue weighted by molar-refractivity contribution is -0.117. The maximum atomic E-state index is 14.5. The fraction of sp³-hybridized carbons (Fsp3) is 0.200. The number of halogens is 8. The van der Waals surface area contributed by atoms with E-state index < -0.39 is 56.9 Å². The molecular weight excluding hydrogens is 595 g/mol. The van der Waals surface area contributed by atoms with Gasteiger partial charge in [0.25, 0.3) is 11.8 Å². The standard InChI is InChI=1S/C25H16Cl5F3N2O2/c26-14-6-12(7-15(27)8-14)19-20(25(19,29)30)23(37)35-16-9-17(21(28)18(31)10-16)22(36)34-11-24(32,33)13-4-2-1-3-5-13/h1-10,19-20H,11H2,(H,34,36)(H,35,37)/t19-,20+/m0/s1. The summed E-state index contributed by atoms with van der Waals surface area (Å²) in [5.74, 6) is -7.77. The second-order valence-electron chi connectivity index (χ2n) is 8.39. The molecule has 0 unspecified atom stereocenters. The van der Waals surface area contributed by atoms with Crippen molar-refractivity contribution in [3.63, 3.8) is 0 Å². The molecule has 0 aliphatic heterocycles. The molecule has 1 aliphatic carbocycles. The van der Waals surface area contributed by atoms with Crippen LogP contribution in [0.4, 0.5) is 18.9 Å². The molecule has 2 amide bonds. The monoisotopic (exact) mass is 608 g/mol. The van der Waals surface area contributed by atoms with Crippen LogP contribution in [0.15, 0.2) is 60.7 Å². The summed E-state index contributed by atoms with van der Waals surface area (Å²) in [5, 5.41) is 4.56. The SMILES string of the molecule is O=C(NCC(F)(F)c1ccccc1)c1cc(NC(=O)[C@H]2[C@H](c3cc(Cl)cc(Cl)c3)C2(Cl)Cl)cc(F)c1Cl. The van der Waals surface area contributed by atoms with Gasteiger partial charge in [0.1, 0.15) is 10.2 Å². The lowest BCUT2D eigenvalue weighted by Gasteiger charge is -2.18. The molecule has 12 heteroatoms. The van der Waals surface area contributed by atoms with Crippen molar-refractivity contribution in [1.82, 2.24) is 5.32 Å². The van der Waals surface area contributed by atoms with E-state index in [9.17, 15) is 22.8 Å². The zero-order valence-electron chi connectivity index (χ0n) is 18.5. The molecule has 1 saturated carbocycles. The van der Waals surface area contributed by atoms with Crippen LogP contribution in [0.3, 0.4) is 0 Å². The van der Waals surface area contributed by atoms with Crippen molar-refractivity contribution in [2.45, 2.75) is 16.2 Å². The predicted octanol–water partition coefficient (Wildman–Crippen LogP) is 7.83. The van der Waals surface area contributed by atoms with Crippen molar-refractivity contribution in [3.8, 4) is 0 Å². The third-order valence-corrected chi connectivity index (χ3v) is 7.55. The molecule has 4 rings (SSSR count). The summed E-state index contributed by atoms with van der Waals surface area (Å²) in [6.45, 7) is -1.06. The Labute approximate surface area is 235 Å². The smallest absolute Gasteiger partial charge is 0.290 e. The van der Waals surface area contributed by atoms with Gasteiger partial charge in [-0.05, 0) is 35.9 Å². The van der Waals surface area contributed by atoms with Gasteiger partial charge in [0.2, 0.25) is 5.91 Å². The summed E-state index contributed by atoms with van der Waals surface area (Å²) in [7, 11) is 0. The van der Waals surface area contributed by atoms with Crippen molar-refractivity contribution < 1.29 is 22.8 Å². The lowest BCUT2D eigenvalue weighted by atomic mass is 10.1. The quantitative estimate of drug-likeness (QED) is 0.268. The first-order valence-electron chi connectivity index (χ1n) is 10.7. The van der Waals surface area contributed by atoms with E-state index in [4.69, 9.17) is 58.0 Å². The normalized spacial score (nSPS) is 18.3. The Bertz CT molecular complexity index is 1350. The van der Waals surface area contributed by atoms with E-state index in [1.54, 1.807) is 18.2 Å². The first-order valence-corrected chi connectivity index (χ1v) is 12.6. The molecule has 2 N–H and O–H groups in total. The Hall–Kier alpha value is -2.16. The largest absolute Gasteiger partial charge is 0.346 e. The van der Waals surface area contributed by atoms with Gasteiger partial charge in [0.15, 0.2) is 0 Å². The highest BCUT2D eigenvalue weighted by Crippen LogP contribution is 2.65. The highest BCUT2D eigenvalue weighted by atomic mass is 35.5. The van der Waals surface area contributed by atoms with Crippen LogP contribution in [0.1, 0.15) is 27.4 Å². The number of benzene rings is 3. The van der Waals surface area contributed by atoms with Gasteiger partial charge in [-0.3, -0.25) is 9.59 Å². The molecule has 2 atom stereocenters. The van der Waals surface area contributed by atoms with Gasteiger partial charge in [-0.15, -0.1) is 23.2 Å². The minimum atomic E-state index is -3.39. The number of carbonyl (C=O) groups excluding carboxylic acids is 2. The maximum Gasteiger partial charge on any atom is 0.290 e. The van der Waals surface area contributed by atoms with E-state index in [0.717, 1.165) is 12.1 Å². The average Bonchev–Trinajstić information content (AvgIpc) is 3.41. The Morgan fingerprint density at radius 1 is 0.946 bits per heavy atom. The summed E-state index contributed by atoms with van der Waals surface area (Å²) in [6, 6.07) is 13.5. The van der Waals surface area contributed by atoms with Gasteiger partial charge < -0.3 is 10.6 Å². The van der Waals surface area contributed by atoms with Crippen LogP contribution in [0.25, 0.3) is 0 Å². The number of nitrogens with one attached hydrogen (secondary N) is 2. The minimum absolute atomic E-state index is 0.147. The van der Waals surface area contributed by atoms with Crippen molar-refractivity contribution in [1.29, 1.82) is 0 Å². The summed E-state index contributed by atoms with van der Waals surface area (Å²) >= 11 is 30.6. The molecule has 3 aromatic rings. The number of rotatable bonds is 7. The molecule has 0 heterocycles. The van der Waals surface area contributed by atoms with E-state index in [0.29, 0.717) is 15.6 Å². The van der Waals surface area contributed by atoms with E-state index in [1.807, 2.05) is 0 Å². The number of alkyl halides is 4. The lowest BCUT2D eigenvalue weighted by Crippen LogP contribution is -2.35. The van der Waals surface area contributed by atoms with E-state index in [1.165, 1.54) is 30.3 Å². The molecular formula is C25H16Cl5F3N2O2. The summed E-state index contributed by atoms with van der Waals surface area (Å²) in [6.07, 6.45) is 0. The van der Waals surface area contributed by atoms with Gasteiger partial charge >= 0.3 is 0 Å². The van der Waals surface area contributed by atoms with Crippen LogP contribution in [0.5, 0.6) is 0 Å². The zero-order valence-corrected chi connectivity index (χ0v) is 22.3. The van der Waals surface area contributed by atoms with Crippen LogP contribution in [-0.4, -0.2) is 22.7 Å². The number of hydrogen-bond donors (Lipinski definition) is 2. The number of hydrogen-bond acceptors (Lipinski definition) is 2. The van der Waals surface area contributed by atoms with E-state index >= 15 is 0 Å². The molecule has 1 aliphatic rings. The molecule has 0 radical (unpaired) electrons. The highest BCUT2D eigenvalue weighted by Gasteiger charge is 2.67. The molecule has 1 fully saturated rings. The molecule has 4 nitrogen and oxygen atoms in total. The van der Waals surface area contributed by atoms with E-state index in [-0.39, 0.29) is 11.3 Å². The van der Waals surface area contributed by atoms with Gasteiger partial charge in [-0.25, -0.2) is 4.39 Å². The van der Waals surface area contributed by atoms with Gasteiger partial charge in [-0.1, -0.05) is 65.1 Å². The molecule has 0 spiro atoms. The Kier molecular flexibility index (Phi) is 7.94. The fourth-order valence-electron chi connectivity index (χ4n) is 3.94. The van der Waals surface area contributed by atoms with Crippen LogP contribution in [0, 0.1) is 11.7 Å². The summed E-state index contributed by atoms with van der Waals surface area (Å²) in [5.41, 5.74) is -0.368. The second-order valence-corrected chi connectivity index (χ2v) is 11.1. The van der Waals surface area contributed by atoms with Crippen molar-refractivity contribution >= 4 is 75.5 Å². The average molecular weight is 611 g/mol. The Morgan fingerprint density at radius 2 is 1.57 bits per heavy atom. The van der Waals surface area contributed by atoms with Crippen LogP contribution < -0.4 is 10.6 Å². The van der Waals surface area contributed by atoms with Crippen LogP contribution >= 0.6 is 58.0 Å². The minimum Gasteiger partial charge on any atom is -0.346 e. The fourth-order valence-corrected chi connectivity index (χ4v) is 5.51. The molecule has 0 aromatic heterocycles. The van der Waals surface area contributed by atoms with Crippen molar-refractivity contribution in [2.75, 3.05) is 11.9 Å². The zero-order chi connectivity index (χ0) is 27.1.